The Bertz CT molecular complexity index is 911. The molecule has 0 saturated carbocycles. The van der Waals surface area contributed by atoms with Crippen molar-refractivity contribution < 1.29 is 9.47 Å². The van der Waals surface area contributed by atoms with E-state index >= 15 is 0 Å². The van der Waals surface area contributed by atoms with Crippen LogP contribution in [-0.2, 0) is 4.74 Å². The monoisotopic (exact) mass is 421 g/mol. The molecule has 1 fully saturated rings. The second-order valence-electron chi connectivity index (χ2n) is 6.16. The number of ether oxygens (including phenoxy) is 2. The van der Waals surface area contributed by atoms with E-state index in [9.17, 15) is 0 Å². The number of rotatable bonds is 6. The molecule has 1 aliphatic rings. The number of methoxy groups -OCH3 is 1. The number of nitrogens with zero attached hydrogens (tertiary/aromatic N) is 3. The van der Waals surface area contributed by atoms with Gasteiger partial charge >= 0.3 is 0 Å². The lowest BCUT2D eigenvalue weighted by molar-refractivity contribution is 0.0410. The van der Waals surface area contributed by atoms with Crippen LogP contribution in [0.1, 0.15) is 0 Å². The van der Waals surface area contributed by atoms with Crippen molar-refractivity contribution in [2.75, 3.05) is 45.7 Å². The predicted octanol–water partition coefficient (Wildman–Crippen LogP) is 4.44. The minimum absolute atomic E-state index is 0.515. The third-order valence-corrected chi connectivity index (χ3v) is 6.49. The predicted molar refractivity (Wildman–Crippen MR) is 112 cm³/mol. The van der Waals surface area contributed by atoms with Crippen LogP contribution in [0.2, 0.25) is 5.15 Å². The van der Waals surface area contributed by atoms with E-state index in [2.05, 4.69) is 15.3 Å². The number of thioether (sulfide) groups is 1. The lowest BCUT2D eigenvalue weighted by Gasteiger charge is -2.26. The van der Waals surface area contributed by atoms with Gasteiger partial charge in [0.25, 0.3) is 0 Å². The van der Waals surface area contributed by atoms with Gasteiger partial charge in [0.15, 0.2) is 5.16 Å². The van der Waals surface area contributed by atoms with E-state index < -0.39 is 0 Å². The zero-order chi connectivity index (χ0) is 18.6. The van der Waals surface area contributed by atoms with Gasteiger partial charge in [0, 0.05) is 36.3 Å². The largest absolute Gasteiger partial charge is 0.497 e. The number of morpholine rings is 1. The molecular weight excluding hydrogens is 402 g/mol. The maximum atomic E-state index is 6.54. The molecule has 5 nitrogen and oxygen atoms in total. The van der Waals surface area contributed by atoms with Gasteiger partial charge < -0.3 is 9.47 Å². The highest BCUT2D eigenvalue weighted by molar-refractivity contribution is 7.99. The van der Waals surface area contributed by atoms with Gasteiger partial charge in [-0.3, -0.25) is 4.90 Å². The summed E-state index contributed by atoms with van der Waals surface area (Å²) in [5.74, 6) is 1.78. The molecule has 3 heterocycles. The van der Waals surface area contributed by atoms with Gasteiger partial charge in [-0.25, -0.2) is 9.97 Å². The minimum atomic E-state index is 0.515. The summed E-state index contributed by atoms with van der Waals surface area (Å²) < 4.78 is 10.6. The lowest BCUT2D eigenvalue weighted by atomic mass is 10.1. The molecule has 4 rings (SSSR count). The molecule has 8 heteroatoms. The van der Waals surface area contributed by atoms with Crippen LogP contribution < -0.4 is 4.74 Å². The molecule has 3 aromatic rings. The number of aromatic nitrogens is 2. The average Bonchev–Trinajstić information content (AvgIpc) is 3.13. The highest BCUT2D eigenvalue weighted by Crippen LogP contribution is 2.38. The Balaban J connectivity index is 1.50. The number of hydrogen-bond acceptors (Lipinski definition) is 7. The molecule has 0 radical (unpaired) electrons. The Morgan fingerprint density at radius 2 is 2.00 bits per heavy atom. The molecule has 1 aromatic carbocycles. The molecule has 2 aromatic heterocycles. The first-order valence-corrected chi connectivity index (χ1v) is 11.0. The number of benzene rings is 1. The molecule has 0 unspecified atom stereocenters. The Hall–Kier alpha value is -1.38. The van der Waals surface area contributed by atoms with Crippen molar-refractivity contribution in [3.05, 3.63) is 34.8 Å². The van der Waals surface area contributed by atoms with Crippen LogP contribution in [0.5, 0.6) is 5.75 Å². The summed E-state index contributed by atoms with van der Waals surface area (Å²) in [5, 5.41) is 4.27. The summed E-state index contributed by atoms with van der Waals surface area (Å²) in [4.78, 5) is 12.6. The van der Waals surface area contributed by atoms with Gasteiger partial charge in [0.2, 0.25) is 0 Å². The van der Waals surface area contributed by atoms with Crippen LogP contribution >= 0.6 is 34.7 Å². The molecule has 0 N–H and O–H groups in total. The molecule has 0 bridgehead atoms. The zero-order valence-electron chi connectivity index (χ0n) is 15.0. The van der Waals surface area contributed by atoms with Crippen molar-refractivity contribution in [3.8, 4) is 16.9 Å². The maximum absolute atomic E-state index is 6.54. The summed E-state index contributed by atoms with van der Waals surface area (Å²) in [5.41, 5.74) is 2.15. The lowest BCUT2D eigenvalue weighted by Crippen LogP contribution is -2.37. The van der Waals surface area contributed by atoms with E-state index in [1.807, 2.05) is 24.3 Å². The van der Waals surface area contributed by atoms with Gasteiger partial charge in [0.05, 0.1) is 25.7 Å². The second kappa shape index (κ2) is 8.75. The molecule has 142 valence electrons. The van der Waals surface area contributed by atoms with Gasteiger partial charge in [0.1, 0.15) is 15.7 Å². The van der Waals surface area contributed by atoms with Crippen molar-refractivity contribution in [2.45, 2.75) is 5.16 Å². The van der Waals surface area contributed by atoms with Crippen LogP contribution in [0.15, 0.2) is 34.8 Å². The topological polar surface area (TPSA) is 47.5 Å². The smallest absolute Gasteiger partial charge is 0.190 e. The van der Waals surface area contributed by atoms with Gasteiger partial charge in [-0.05, 0) is 17.7 Å². The van der Waals surface area contributed by atoms with E-state index in [0.717, 1.165) is 70.9 Å². The third kappa shape index (κ3) is 4.38. The molecule has 27 heavy (non-hydrogen) atoms. The van der Waals surface area contributed by atoms with Crippen LogP contribution in [0.25, 0.3) is 21.3 Å². The first-order chi connectivity index (χ1) is 13.2. The Labute approximate surface area is 171 Å². The van der Waals surface area contributed by atoms with Crippen molar-refractivity contribution in [1.29, 1.82) is 0 Å². The van der Waals surface area contributed by atoms with Gasteiger partial charge in [-0.15, -0.1) is 11.3 Å². The summed E-state index contributed by atoms with van der Waals surface area (Å²) in [6, 6.07) is 7.95. The number of hydrogen-bond donors (Lipinski definition) is 0. The van der Waals surface area contributed by atoms with E-state index in [-0.39, 0.29) is 0 Å². The van der Waals surface area contributed by atoms with Crippen molar-refractivity contribution in [2.24, 2.45) is 0 Å². The fourth-order valence-electron chi connectivity index (χ4n) is 3.02. The highest BCUT2D eigenvalue weighted by atomic mass is 35.5. The zero-order valence-corrected chi connectivity index (χ0v) is 17.4. The van der Waals surface area contributed by atoms with Gasteiger partial charge in [-0.2, -0.15) is 0 Å². The third-order valence-electron chi connectivity index (χ3n) is 4.51. The SMILES string of the molecule is COc1ccc(-c2csc3nc(SCCN4CCOCC4)nc(Cl)c23)cc1. The molecular formula is C19H20ClN3O2S2. The summed E-state index contributed by atoms with van der Waals surface area (Å²) >= 11 is 9.79. The number of thiophene rings is 1. The molecule has 1 saturated heterocycles. The minimum Gasteiger partial charge on any atom is -0.497 e. The van der Waals surface area contributed by atoms with Crippen LogP contribution in [0.4, 0.5) is 0 Å². The first kappa shape index (κ1) is 19.0. The highest BCUT2D eigenvalue weighted by Gasteiger charge is 2.15. The maximum Gasteiger partial charge on any atom is 0.190 e. The summed E-state index contributed by atoms with van der Waals surface area (Å²) in [6.45, 7) is 4.65. The van der Waals surface area contributed by atoms with Crippen LogP contribution in [0, 0.1) is 0 Å². The summed E-state index contributed by atoms with van der Waals surface area (Å²) in [6.07, 6.45) is 0. The van der Waals surface area contributed by atoms with Gasteiger partial charge in [-0.1, -0.05) is 35.5 Å². The Morgan fingerprint density at radius 3 is 2.74 bits per heavy atom. The van der Waals surface area contributed by atoms with Crippen molar-refractivity contribution in [3.63, 3.8) is 0 Å². The van der Waals surface area contributed by atoms with E-state index in [4.69, 9.17) is 26.1 Å². The van der Waals surface area contributed by atoms with E-state index in [0.29, 0.717) is 5.15 Å². The number of fused-ring (bicyclic) bond motifs is 1. The normalized spacial score (nSPS) is 15.3. The first-order valence-electron chi connectivity index (χ1n) is 8.76. The Morgan fingerprint density at radius 1 is 1.22 bits per heavy atom. The average molecular weight is 422 g/mol. The van der Waals surface area contributed by atoms with Crippen LogP contribution in [-0.4, -0.2) is 60.6 Å². The standard InChI is InChI=1S/C19H20ClN3O2S2/c1-24-14-4-2-13(3-5-14)15-12-27-18-16(15)17(20)21-19(22-18)26-11-8-23-6-9-25-10-7-23/h2-5,12H,6-11H2,1H3. The second-order valence-corrected chi connectivity index (χ2v) is 8.44. The molecule has 0 spiro atoms. The summed E-state index contributed by atoms with van der Waals surface area (Å²) in [7, 11) is 1.66. The molecule has 0 atom stereocenters. The van der Waals surface area contributed by atoms with Crippen molar-refractivity contribution in [1.82, 2.24) is 14.9 Å². The molecule has 1 aliphatic heterocycles. The van der Waals surface area contributed by atoms with E-state index in [1.165, 1.54) is 0 Å². The fourth-order valence-corrected chi connectivity index (χ4v) is 5.25. The molecule has 0 aliphatic carbocycles. The molecule has 0 amide bonds. The fraction of sp³-hybridized carbons (Fsp3) is 0.368. The Kier molecular flexibility index (Phi) is 6.14. The van der Waals surface area contributed by atoms with Crippen molar-refractivity contribution >= 4 is 44.9 Å². The van der Waals surface area contributed by atoms with E-state index in [1.54, 1.807) is 30.2 Å². The number of halogens is 1. The van der Waals surface area contributed by atoms with Crippen LogP contribution in [0.3, 0.4) is 0 Å². The quantitative estimate of drug-likeness (QED) is 0.333.